The molecule has 2 heterocycles. The first-order valence-electron chi connectivity index (χ1n) is 34.4. The molecule has 2 aliphatic rings. The van der Waals surface area contributed by atoms with Crippen molar-refractivity contribution in [3.05, 3.63) is 12.2 Å². The maximum absolute atomic E-state index is 13.3. The summed E-state index contributed by atoms with van der Waals surface area (Å²) in [6.45, 7) is 2.83. The Morgan fingerprint density at radius 3 is 1.14 bits per heavy atom. The second-order valence-electron chi connectivity index (χ2n) is 24.7. The number of nitrogens with one attached hydrogen (secondary N) is 1. The van der Waals surface area contributed by atoms with E-state index in [-0.39, 0.29) is 18.9 Å². The minimum absolute atomic E-state index is 0.233. The van der Waals surface area contributed by atoms with E-state index in [1.807, 2.05) is 6.08 Å². The van der Waals surface area contributed by atoms with E-state index in [4.69, 9.17) is 18.9 Å². The number of amides is 1. The molecule has 12 unspecified atom stereocenters. The van der Waals surface area contributed by atoms with E-state index in [1.165, 1.54) is 250 Å². The van der Waals surface area contributed by atoms with Crippen molar-refractivity contribution in [1.82, 2.24) is 5.32 Å². The van der Waals surface area contributed by atoms with Crippen LogP contribution in [-0.2, 0) is 23.7 Å². The summed E-state index contributed by atoms with van der Waals surface area (Å²) in [7, 11) is 0. The van der Waals surface area contributed by atoms with E-state index in [0.717, 1.165) is 38.5 Å². The molecule has 81 heavy (non-hydrogen) atoms. The van der Waals surface area contributed by atoms with Gasteiger partial charge in [-0.1, -0.05) is 302 Å². The smallest absolute Gasteiger partial charge is 0.220 e. The Morgan fingerprint density at radius 2 is 0.765 bits per heavy atom. The second kappa shape index (κ2) is 53.0. The highest BCUT2D eigenvalue weighted by atomic mass is 16.7. The first-order chi connectivity index (χ1) is 39.6. The summed E-state index contributed by atoms with van der Waals surface area (Å²) in [5.74, 6) is -0.233. The number of aliphatic hydroxyl groups excluding tert-OH is 8. The molecule has 14 nitrogen and oxygen atoms in total. The van der Waals surface area contributed by atoms with E-state index in [1.54, 1.807) is 6.08 Å². The molecule has 1 amide bonds. The average Bonchev–Trinajstić information content (AvgIpc) is 3.63. The Bertz CT molecular complexity index is 1410. The fraction of sp³-hybridized carbons (Fsp3) is 0.955. The van der Waals surface area contributed by atoms with E-state index in [0.29, 0.717) is 6.42 Å². The molecular formula is C67H129NO13. The number of aliphatic hydroxyl groups is 8. The molecule has 14 heteroatoms. The van der Waals surface area contributed by atoms with Crippen LogP contribution in [0.5, 0.6) is 0 Å². The lowest BCUT2D eigenvalue weighted by atomic mass is 9.97. The van der Waals surface area contributed by atoms with Gasteiger partial charge in [0.05, 0.1) is 32.0 Å². The van der Waals surface area contributed by atoms with Crippen LogP contribution in [0.4, 0.5) is 0 Å². The van der Waals surface area contributed by atoms with Crippen molar-refractivity contribution in [3.63, 3.8) is 0 Å². The third-order valence-electron chi connectivity index (χ3n) is 17.2. The number of carbonyl (C=O) groups excluding carboxylic acids is 1. The molecule has 0 aromatic carbocycles. The first-order valence-corrected chi connectivity index (χ1v) is 34.4. The molecule has 0 aromatic heterocycles. The second-order valence-corrected chi connectivity index (χ2v) is 24.7. The SMILES string of the molecule is CCCCCCCCCCCCC/C=C/C(O)C(COC1OC(CO)C(OC2OC(CO)C(O)C(O)C2O)C(O)C1O)NC(=O)CCCCCCCCCCCCCCCCCCCCCCCCCCCCCCCCCCCC. The fourth-order valence-corrected chi connectivity index (χ4v) is 11.7. The maximum atomic E-state index is 13.3. The fourth-order valence-electron chi connectivity index (χ4n) is 11.7. The van der Waals surface area contributed by atoms with E-state index in [9.17, 15) is 45.6 Å². The van der Waals surface area contributed by atoms with Gasteiger partial charge in [-0.15, -0.1) is 0 Å². The van der Waals surface area contributed by atoms with Crippen LogP contribution in [0, 0.1) is 0 Å². The van der Waals surface area contributed by atoms with Crippen molar-refractivity contribution in [1.29, 1.82) is 0 Å². The standard InChI is InChI=1S/C67H129NO13/c1-3-5-7-9-11-13-15-17-18-19-20-21-22-23-24-25-26-27-28-29-30-31-32-33-34-35-36-37-39-41-43-45-47-49-51-59(72)68-55(56(71)50-48-46-44-42-40-38-16-14-12-10-8-6-4-2)54-78-66-64(77)62(75)65(58(53-70)80-66)81-67-63(76)61(74)60(73)57(52-69)79-67/h48,50,55-58,60-67,69-71,73-77H,3-47,49,51-54H2,1-2H3,(H,68,72)/b50-48+. The molecule has 2 fully saturated rings. The van der Waals surface area contributed by atoms with Crippen molar-refractivity contribution in [2.45, 2.75) is 389 Å². The summed E-state index contributed by atoms with van der Waals surface area (Å²) in [5.41, 5.74) is 0. The lowest BCUT2D eigenvalue weighted by Crippen LogP contribution is -2.65. The molecule has 0 radical (unpaired) electrons. The van der Waals surface area contributed by atoms with Crippen molar-refractivity contribution < 1.29 is 64.6 Å². The maximum Gasteiger partial charge on any atom is 0.220 e. The molecule has 0 bridgehead atoms. The quantitative estimate of drug-likeness (QED) is 0.0204. The number of hydrogen-bond donors (Lipinski definition) is 9. The Balaban J connectivity index is 1.59. The van der Waals surface area contributed by atoms with Crippen LogP contribution >= 0.6 is 0 Å². The van der Waals surface area contributed by atoms with Crippen LogP contribution in [0.2, 0.25) is 0 Å². The minimum atomic E-state index is -1.79. The van der Waals surface area contributed by atoms with Gasteiger partial charge in [-0.2, -0.15) is 0 Å². The van der Waals surface area contributed by atoms with Gasteiger partial charge in [-0.25, -0.2) is 0 Å². The number of carbonyl (C=O) groups is 1. The number of rotatable bonds is 57. The zero-order valence-electron chi connectivity index (χ0n) is 52.1. The molecule has 0 saturated carbocycles. The van der Waals surface area contributed by atoms with Gasteiger partial charge in [0.25, 0.3) is 0 Å². The van der Waals surface area contributed by atoms with Crippen LogP contribution in [0.1, 0.15) is 316 Å². The molecular weight excluding hydrogens is 1030 g/mol. The first kappa shape index (κ1) is 75.8. The predicted molar refractivity (Wildman–Crippen MR) is 328 cm³/mol. The highest BCUT2D eigenvalue weighted by Gasteiger charge is 2.51. The molecule has 12 atom stereocenters. The third kappa shape index (κ3) is 37.8. The zero-order valence-corrected chi connectivity index (χ0v) is 52.1. The van der Waals surface area contributed by atoms with Crippen LogP contribution in [0.3, 0.4) is 0 Å². The Kier molecular flexibility index (Phi) is 49.6. The van der Waals surface area contributed by atoms with Gasteiger partial charge in [0.1, 0.15) is 48.8 Å². The van der Waals surface area contributed by atoms with Crippen molar-refractivity contribution >= 4 is 5.91 Å². The van der Waals surface area contributed by atoms with Crippen molar-refractivity contribution in [2.24, 2.45) is 0 Å². The largest absolute Gasteiger partial charge is 0.394 e. The topological polar surface area (TPSA) is 228 Å². The predicted octanol–water partition coefficient (Wildman–Crippen LogP) is 13.4. The number of hydrogen-bond acceptors (Lipinski definition) is 13. The van der Waals surface area contributed by atoms with E-state index < -0.39 is 86.8 Å². The Labute approximate surface area is 495 Å². The van der Waals surface area contributed by atoms with Gasteiger partial charge >= 0.3 is 0 Å². The minimum Gasteiger partial charge on any atom is -0.394 e. The summed E-state index contributed by atoms with van der Waals surface area (Å²) in [6, 6.07) is -0.909. The van der Waals surface area contributed by atoms with Gasteiger partial charge in [0.15, 0.2) is 12.6 Å². The lowest BCUT2D eigenvalue weighted by molar-refractivity contribution is -0.359. The van der Waals surface area contributed by atoms with E-state index in [2.05, 4.69) is 19.2 Å². The molecule has 9 N–H and O–H groups in total. The van der Waals surface area contributed by atoms with Crippen LogP contribution in [0.25, 0.3) is 0 Å². The van der Waals surface area contributed by atoms with Gasteiger partial charge in [0.2, 0.25) is 5.91 Å². The monoisotopic (exact) mass is 1160 g/mol. The lowest BCUT2D eigenvalue weighted by Gasteiger charge is -2.46. The third-order valence-corrected chi connectivity index (χ3v) is 17.2. The normalized spacial score (nSPS) is 24.1. The summed E-state index contributed by atoms with van der Waals surface area (Å²) in [5, 5.41) is 87.2. The zero-order chi connectivity index (χ0) is 58.8. The summed E-state index contributed by atoms with van der Waals surface area (Å²) in [4.78, 5) is 13.3. The van der Waals surface area contributed by atoms with Gasteiger partial charge in [0, 0.05) is 6.42 Å². The van der Waals surface area contributed by atoms with Crippen LogP contribution in [-0.4, -0.2) is 140 Å². The number of unbranched alkanes of at least 4 members (excludes halogenated alkanes) is 44. The van der Waals surface area contributed by atoms with Crippen molar-refractivity contribution in [2.75, 3.05) is 19.8 Å². The molecule has 2 saturated heterocycles. The Hall–Kier alpha value is -1.27. The van der Waals surface area contributed by atoms with E-state index >= 15 is 0 Å². The molecule has 480 valence electrons. The average molecular weight is 1160 g/mol. The summed E-state index contributed by atoms with van der Waals surface area (Å²) in [6.07, 6.45) is 47.2. The van der Waals surface area contributed by atoms with Gasteiger partial charge in [-0.3, -0.25) is 4.79 Å². The molecule has 0 spiro atoms. The van der Waals surface area contributed by atoms with Crippen LogP contribution < -0.4 is 5.32 Å². The van der Waals surface area contributed by atoms with Crippen molar-refractivity contribution in [3.8, 4) is 0 Å². The molecule has 2 aliphatic heterocycles. The highest BCUT2D eigenvalue weighted by Crippen LogP contribution is 2.30. The summed E-state index contributed by atoms with van der Waals surface area (Å²) < 4.78 is 22.8. The van der Waals surface area contributed by atoms with Gasteiger partial charge < -0.3 is 65.1 Å². The molecule has 0 aromatic rings. The van der Waals surface area contributed by atoms with Crippen LogP contribution in [0.15, 0.2) is 12.2 Å². The molecule has 2 rings (SSSR count). The summed E-state index contributed by atoms with van der Waals surface area (Å²) >= 11 is 0. The number of allylic oxidation sites excluding steroid dienone is 1. The number of ether oxygens (including phenoxy) is 4. The van der Waals surface area contributed by atoms with Gasteiger partial charge in [-0.05, 0) is 19.3 Å². The Morgan fingerprint density at radius 1 is 0.432 bits per heavy atom. The molecule has 0 aliphatic carbocycles. The highest BCUT2D eigenvalue weighted by molar-refractivity contribution is 5.76.